The van der Waals surface area contributed by atoms with Crippen LogP contribution < -0.4 is 5.32 Å². The van der Waals surface area contributed by atoms with Gasteiger partial charge in [-0.05, 0) is 36.8 Å². The van der Waals surface area contributed by atoms with Crippen molar-refractivity contribution < 1.29 is 0 Å². The monoisotopic (exact) mass is 298 g/mol. The highest BCUT2D eigenvalue weighted by molar-refractivity contribution is 7.99. The van der Waals surface area contributed by atoms with Crippen molar-refractivity contribution in [2.24, 2.45) is 5.92 Å². The third-order valence-corrected chi connectivity index (χ3v) is 6.13. The molecule has 0 saturated heterocycles. The quantitative estimate of drug-likeness (QED) is 0.926. The summed E-state index contributed by atoms with van der Waals surface area (Å²) >= 11 is 1.95. The van der Waals surface area contributed by atoms with E-state index in [0.717, 1.165) is 25.4 Å². The molecule has 0 bridgehead atoms. The SMILES string of the molecule is c1ccc2c(c1)CC(c1nnc3n1CCNC3C1CC1)S2. The van der Waals surface area contributed by atoms with E-state index in [2.05, 4.69) is 44.3 Å². The Bertz CT molecular complexity index is 666. The maximum atomic E-state index is 4.58. The molecule has 4 nitrogen and oxygen atoms in total. The van der Waals surface area contributed by atoms with Gasteiger partial charge in [-0.2, -0.15) is 0 Å². The van der Waals surface area contributed by atoms with Crippen LogP contribution in [0, 0.1) is 5.92 Å². The summed E-state index contributed by atoms with van der Waals surface area (Å²) in [5.41, 5.74) is 1.46. The van der Waals surface area contributed by atoms with Crippen molar-refractivity contribution in [2.45, 2.75) is 42.0 Å². The minimum absolute atomic E-state index is 0.432. The first-order valence-corrected chi connectivity index (χ1v) is 8.69. The molecule has 1 aromatic carbocycles. The number of hydrogen-bond donors (Lipinski definition) is 1. The smallest absolute Gasteiger partial charge is 0.150 e. The maximum Gasteiger partial charge on any atom is 0.150 e. The van der Waals surface area contributed by atoms with E-state index < -0.39 is 0 Å². The number of aromatic nitrogens is 3. The molecule has 1 aromatic heterocycles. The Hall–Kier alpha value is -1.33. The van der Waals surface area contributed by atoms with E-state index in [1.807, 2.05) is 11.8 Å². The number of rotatable bonds is 2. The minimum atomic E-state index is 0.432. The zero-order chi connectivity index (χ0) is 13.8. The molecule has 0 spiro atoms. The van der Waals surface area contributed by atoms with Gasteiger partial charge >= 0.3 is 0 Å². The summed E-state index contributed by atoms with van der Waals surface area (Å²) < 4.78 is 2.39. The Morgan fingerprint density at radius 2 is 2.00 bits per heavy atom. The molecule has 5 heteroatoms. The van der Waals surface area contributed by atoms with Crippen molar-refractivity contribution in [3.63, 3.8) is 0 Å². The lowest BCUT2D eigenvalue weighted by atomic mass is 10.1. The van der Waals surface area contributed by atoms with Crippen LogP contribution in [0.4, 0.5) is 0 Å². The van der Waals surface area contributed by atoms with Gasteiger partial charge in [-0.1, -0.05) is 18.2 Å². The van der Waals surface area contributed by atoms with Crippen LogP contribution in [0.15, 0.2) is 29.2 Å². The van der Waals surface area contributed by atoms with Gasteiger partial charge in [-0.15, -0.1) is 22.0 Å². The van der Waals surface area contributed by atoms with Crippen LogP contribution in [0.1, 0.15) is 41.3 Å². The summed E-state index contributed by atoms with van der Waals surface area (Å²) in [7, 11) is 0. The van der Waals surface area contributed by atoms with Crippen LogP contribution in [0.2, 0.25) is 0 Å². The molecular weight excluding hydrogens is 280 g/mol. The summed E-state index contributed by atoms with van der Waals surface area (Å²) in [5.74, 6) is 3.14. The second kappa shape index (κ2) is 4.58. The fourth-order valence-corrected chi connectivity index (χ4v) is 4.89. The molecule has 108 valence electrons. The van der Waals surface area contributed by atoms with Crippen LogP contribution >= 0.6 is 11.8 Å². The van der Waals surface area contributed by atoms with E-state index in [1.165, 1.54) is 34.9 Å². The van der Waals surface area contributed by atoms with Crippen LogP contribution in [0.5, 0.6) is 0 Å². The predicted octanol–water partition coefficient (Wildman–Crippen LogP) is 2.72. The van der Waals surface area contributed by atoms with Crippen molar-refractivity contribution in [1.82, 2.24) is 20.1 Å². The first-order valence-electron chi connectivity index (χ1n) is 7.81. The highest BCUT2D eigenvalue weighted by atomic mass is 32.2. The van der Waals surface area contributed by atoms with Gasteiger partial charge in [0.15, 0.2) is 5.82 Å². The second-order valence-corrected chi connectivity index (χ2v) is 7.50. The highest BCUT2D eigenvalue weighted by Crippen LogP contribution is 2.47. The Labute approximate surface area is 128 Å². The fourth-order valence-electron chi connectivity index (χ4n) is 3.58. The molecule has 3 aliphatic rings. The molecular formula is C16H18N4S. The largest absolute Gasteiger partial charge is 0.311 e. The van der Waals surface area contributed by atoms with E-state index >= 15 is 0 Å². The highest BCUT2D eigenvalue weighted by Gasteiger charge is 2.39. The number of hydrogen-bond acceptors (Lipinski definition) is 4. The van der Waals surface area contributed by atoms with Gasteiger partial charge in [0, 0.05) is 18.0 Å². The lowest BCUT2D eigenvalue weighted by molar-refractivity contribution is 0.376. The van der Waals surface area contributed by atoms with Gasteiger partial charge in [0.05, 0.1) is 11.3 Å². The number of nitrogens with one attached hydrogen (secondary N) is 1. The zero-order valence-corrected chi connectivity index (χ0v) is 12.6. The summed E-state index contributed by atoms with van der Waals surface area (Å²) in [6.45, 7) is 2.05. The molecule has 3 heterocycles. The fraction of sp³-hybridized carbons (Fsp3) is 0.500. The zero-order valence-electron chi connectivity index (χ0n) is 11.8. The molecule has 1 aliphatic carbocycles. The molecule has 1 saturated carbocycles. The maximum absolute atomic E-state index is 4.58. The first-order chi connectivity index (χ1) is 10.4. The van der Waals surface area contributed by atoms with Crippen LogP contribution in [-0.4, -0.2) is 21.3 Å². The Morgan fingerprint density at radius 1 is 1.14 bits per heavy atom. The lowest BCUT2D eigenvalue weighted by Crippen LogP contribution is -2.35. The summed E-state index contributed by atoms with van der Waals surface area (Å²) in [6, 6.07) is 9.16. The van der Waals surface area contributed by atoms with Gasteiger partial charge < -0.3 is 9.88 Å². The lowest BCUT2D eigenvalue weighted by Gasteiger charge is -2.25. The molecule has 2 atom stereocenters. The normalized spacial score (nSPS) is 27.4. The van der Waals surface area contributed by atoms with Gasteiger partial charge in [-0.25, -0.2) is 0 Å². The van der Waals surface area contributed by atoms with Gasteiger partial charge in [-0.3, -0.25) is 0 Å². The van der Waals surface area contributed by atoms with Crippen LogP contribution in [-0.2, 0) is 13.0 Å². The van der Waals surface area contributed by atoms with E-state index in [9.17, 15) is 0 Å². The van der Waals surface area contributed by atoms with E-state index in [4.69, 9.17) is 0 Å². The summed E-state index contributed by atoms with van der Waals surface area (Å²) in [6.07, 6.45) is 3.76. The molecule has 2 aromatic rings. The van der Waals surface area contributed by atoms with E-state index in [1.54, 1.807) is 0 Å². The average Bonchev–Trinajstić information content (AvgIpc) is 3.12. The number of benzene rings is 1. The molecule has 2 aliphatic heterocycles. The van der Waals surface area contributed by atoms with Crippen molar-refractivity contribution in [1.29, 1.82) is 0 Å². The number of nitrogens with zero attached hydrogens (tertiary/aromatic N) is 3. The Kier molecular flexibility index (Phi) is 2.67. The molecule has 5 rings (SSSR count). The number of fused-ring (bicyclic) bond motifs is 2. The second-order valence-electron chi connectivity index (χ2n) is 6.26. The summed E-state index contributed by atoms with van der Waals surface area (Å²) in [5, 5.41) is 13.2. The third kappa shape index (κ3) is 1.94. The first kappa shape index (κ1) is 12.2. The van der Waals surface area contributed by atoms with Crippen molar-refractivity contribution in [2.75, 3.05) is 6.54 Å². The van der Waals surface area contributed by atoms with Crippen LogP contribution in [0.25, 0.3) is 0 Å². The van der Waals surface area contributed by atoms with Crippen LogP contribution in [0.3, 0.4) is 0 Å². The topological polar surface area (TPSA) is 42.7 Å². The Morgan fingerprint density at radius 3 is 2.86 bits per heavy atom. The van der Waals surface area contributed by atoms with Gasteiger partial charge in [0.2, 0.25) is 0 Å². The average molecular weight is 298 g/mol. The molecule has 0 amide bonds. The van der Waals surface area contributed by atoms with E-state index in [0.29, 0.717) is 11.3 Å². The van der Waals surface area contributed by atoms with Crippen molar-refractivity contribution in [3.8, 4) is 0 Å². The Balaban J connectivity index is 1.49. The third-order valence-electron chi connectivity index (χ3n) is 4.81. The predicted molar refractivity (Wildman–Crippen MR) is 82.2 cm³/mol. The van der Waals surface area contributed by atoms with Crippen molar-refractivity contribution in [3.05, 3.63) is 41.5 Å². The molecule has 1 N–H and O–H groups in total. The van der Waals surface area contributed by atoms with Gasteiger partial charge in [0.25, 0.3) is 0 Å². The van der Waals surface area contributed by atoms with Gasteiger partial charge in [0.1, 0.15) is 5.82 Å². The minimum Gasteiger partial charge on any atom is -0.311 e. The van der Waals surface area contributed by atoms with E-state index in [-0.39, 0.29) is 0 Å². The molecule has 21 heavy (non-hydrogen) atoms. The molecule has 1 fully saturated rings. The van der Waals surface area contributed by atoms with Crippen molar-refractivity contribution >= 4 is 11.8 Å². The molecule has 2 unspecified atom stereocenters. The standard InChI is InChI=1S/C16H18N4S/c1-2-4-12-11(3-1)9-13(21-12)15-18-19-16-14(10-5-6-10)17-7-8-20(15)16/h1-4,10,13-14,17H,5-9H2. The summed E-state index contributed by atoms with van der Waals surface area (Å²) in [4.78, 5) is 1.41. The molecule has 0 radical (unpaired) electrons. The number of thioether (sulfide) groups is 1.